The van der Waals surface area contributed by atoms with E-state index in [1.165, 1.54) is 0 Å². The summed E-state index contributed by atoms with van der Waals surface area (Å²) in [6.07, 6.45) is 1.51. The molecule has 0 aromatic carbocycles. The van der Waals surface area contributed by atoms with E-state index in [1.807, 2.05) is 6.92 Å². The molecular formula is C14H24Cl3NO2Si. The van der Waals surface area contributed by atoms with Crippen molar-refractivity contribution < 1.29 is 9.16 Å². The maximum absolute atomic E-state index is 6.39. The van der Waals surface area contributed by atoms with E-state index >= 15 is 0 Å². The number of aliphatic imine (C=N–C) groups is 1. The molecule has 0 saturated carbocycles. The van der Waals surface area contributed by atoms with Crippen molar-refractivity contribution in [3.63, 3.8) is 0 Å². The van der Waals surface area contributed by atoms with Crippen LogP contribution in [0.5, 0.6) is 0 Å². The van der Waals surface area contributed by atoms with Gasteiger partial charge in [0.2, 0.25) is 5.90 Å². The van der Waals surface area contributed by atoms with Gasteiger partial charge in [-0.3, -0.25) is 0 Å². The first-order valence-electron chi connectivity index (χ1n) is 6.86. The maximum Gasteiger partial charge on any atom is 0.266 e. The third-order valence-electron chi connectivity index (χ3n) is 4.33. The number of rotatable bonds is 4. The Hall–Kier alpha value is 0.257. The molecule has 122 valence electrons. The summed E-state index contributed by atoms with van der Waals surface area (Å²) in [6.45, 7) is 17.1. The molecule has 0 fully saturated rings. The Balaban J connectivity index is 3.02. The first-order chi connectivity index (χ1) is 9.25. The Kier molecular flexibility index (Phi) is 5.55. The van der Waals surface area contributed by atoms with E-state index in [0.29, 0.717) is 0 Å². The van der Waals surface area contributed by atoms with Crippen molar-refractivity contribution in [1.82, 2.24) is 0 Å². The van der Waals surface area contributed by atoms with Crippen molar-refractivity contribution in [1.29, 1.82) is 0 Å². The van der Waals surface area contributed by atoms with E-state index in [4.69, 9.17) is 44.0 Å². The highest BCUT2D eigenvalue weighted by molar-refractivity contribution is 6.76. The van der Waals surface area contributed by atoms with Crippen LogP contribution in [-0.2, 0) is 9.16 Å². The summed E-state index contributed by atoms with van der Waals surface area (Å²) in [5.41, 5.74) is -0.714. The third-order valence-corrected chi connectivity index (χ3v) is 9.37. The highest BCUT2D eigenvalue weighted by atomic mass is 35.6. The van der Waals surface area contributed by atoms with Crippen LogP contribution < -0.4 is 0 Å². The fourth-order valence-corrected chi connectivity index (χ4v) is 3.51. The molecule has 0 N–H and O–H groups in total. The minimum Gasteiger partial charge on any atom is -0.475 e. The lowest BCUT2D eigenvalue weighted by atomic mass is 9.96. The quantitative estimate of drug-likeness (QED) is 0.389. The van der Waals surface area contributed by atoms with Gasteiger partial charge in [0.1, 0.15) is 12.1 Å². The van der Waals surface area contributed by atoms with Crippen molar-refractivity contribution >= 4 is 49.0 Å². The highest BCUT2D eigenvalue weighted by Gasteiger charge is 2.48. The first kappa shape index (κ1) is 19.3. The summed E-state index contributed by atoms with van der Waals surface area (Å²) in [4.78, 5) is 4.45. The number of nitrogens with zero attached hydrogens (tertiary/aromatic N) is 1. The number of alkyl halides is 3. The molecule has 0 radical (unpaired) electrons. The summed E-state index contributed by atoms with van der Waals surface area (Å²) >= 11 is 17.5. The molecule has 0 amide bonds. The van der Waals surface area contributed by atoms with Crippen LogP contribution in [-0.4, -0.2) is 36.3 Å². The zero-order valence-corrected chi connectivity index (χ0v) is 16.7. The van der Waals surface area contributed by atoms with Crippen LogP contribution in [0.2, 0.25) is 18.1 Å². The van der Waals surface area contributed by atoms with Gasteiger partial charge in [-0.15, -0.1) is 6.58 Å². The monoisotopic (exact) mass is 371 g/mol. The van der Waals surface area contributed by atoms with Crippen molar-refractivity contribution in [3.05, 3.63) is 12.7 Å². The van der Waals surface area contributed by atoms with Crippen LogP contribution in [0.25, 0.3) is 0 Å². The number of ether oxygens (including phenoxy) is 1. The molecule has 1 aliphatic rings. The minimum absolute atomic E-state index is 0.0954. The fraction of sp³-hybridized carbons (Fsp3) is 0.786. The molecular weight excluding hydrogens is 349 g/mol. The lowest BCUT2D eigenvalue weighted by Crippen LogP contribution is -2.50. The lowest BCUT2D eigenvalue weighted by molar-refractivity contribution is 0.115. The van der Waals surface area contributed by atoms with Crippen LogP contribution >= 0.6 is 34.8 Å². The van der Waals surface area contributed by atoms with E-state index < -0.39 is 17.6 Å². The van der Waals surface area contributed by atoms with Gasteiger partial charge >= 0.3 is 0 Å². The molecule has 1 aliphatic heterocycles. The normalized spacial score (nSPS) is 25.3. The van der Waals surface area contributed by atoms with Crippen LogP contribution in [0.15, 0.2) is 17.6 Å². The highest BCUT2D eigenvalue weighted by Crippen LogP contribution is 2.41. The maximum atomic E-state index is 6.39. The molecule has 0 aromatic heterocycles. The van der Waals surface area contributed by atoms with E-state index in [9.17, 15) is 0 Å². The van der Waals surface area contributed by atoms with Gasteiger partial charge in [-0.2, -0.15) is 0 Å². The van der Waals surface area contributed by atoms with Gasteiger partial charge in [-0.25, -0.2) is 4.99 Å². The predicted molar refractivity (Wildman–Crippen MR) is 94.3 cm³/mol. The zero-order valence-electron chi connectivity index (χ0n) is 13.5. The van der Waals surface area contributed by atoms with Crippen molar-refractivity contribution in [2.24, 2.45) is 4.99 Å². The summed E-state index contributed by atoms with van der Waals surface area (Å²) in [5, 5.41) is 0.102. The van der Waals surface area contributed by atoms with E-state index in [-0.39, 0.29) is 23.6 Å². The summed E-state index contributed by atoms with van der Waals surface area (Å²) in [7, 11) is -1.94. The Bertz CT molecular complexity index is 440. The number of hydrogen-bond donors (Lipinski definition) is 0. The Labute approximate surface area is 143 Å². The minimum atomic E-state index is -1.94. The average Bonchev–Trinajstić information content (AvgIpc) is 2.71. The summed E-state index contributed by atoms with van der Waals surface area (Å²) < 4.78 is 10.2. The van der Waals surface area contributed by atoms with Crippen LogP contribution in [0.3, 0.4) is 0 Å². The van der Waals surface area contributed by atoms with Crippen LogP contribution in [0.4, 0.5) is 0 Å². The summed E-state index contributed by atoms with van der Waals surface area (Å²) in [5.74, 6) is 0.0954. The van der Waals surface area contributed by atoms with Crippen molar-refractivity contribution in [2.75, 3.05) is 6.61 Å². The van der Waals surface area contributed by atoms with Crippen LogP contribution in [0.1, 0.15) is 27.7 Å². The van der Waals surface area contributed by atoms with Gasteiger partial charge in [0.05, 0.1) is 6.10 Å². The molecule has 21 heavy (non-hydrogen) atoms. The molecule has 0 unspecified atom stereocenters. The van der Waals surface area contributed by atoms with E-state index in [1.54, 1.807) is 6.08 Å². The first-order valence-corrected chi connectivity index (χ1v) is 10.9. The molecule has 0 aromatic rings. The van der Waals surface area contributed by atoms with Gasteiger partial charge in [0, 0.05) is 0 Å². The van der Waals surface area contributed by atoms with Gasteiger partial charge in [0.15, 0.2) is 8.32 Å². The molecule has 0 saturated heterocycles. The molecule has 0 bridgehead atoms. The molecule has 0 aliphatic carbocycles. The Morgan fingerprint density at radius 3 is 2.24 bits per heavy atom. The van der Waals surface area contributed by atoms with Gasteiger partial charge in [0.25, 0.3) is 3.79 Å². The summed E-state index contributed by atoms with van der Waals surface area (Å²) in [6, 6.07) is 0. The molecule has 0 spiro atoms. The SMILES string of the molecule is C=C[C@]1([C@@H](C)O[Si](C)(C)C(C)(C)C)COC(C(Cl)(Cl)Cl)=N1. The van der Waals surface area contributed by atoms with Crippen molar-refractivity contribution in [3.8, 4) is 0 Å². The topological polar surface area (TPSA) is 30.8 Å². The van der Waals surface area contributed by atoms with E-state index in [2.05, 4.69) is 45.4 Å². The third kappa shape index (κ3) is 4.17. The largest absolute Gasteiger partial charge is 0.475 e. The second-order valence-electron chi connectivity index (χ2n) is 6.92. The Morgan fingerprint density at radius 2 is 1.90 bits per heavy atom. The smallest absolute Gasteiger partial charge is 0.266 e. The van der Waals surface area contributed by atoms with Crippen LogP contribution in [0, 0.1) is 0 Å². The van der Waals surface area contributed by atoms with E-state index in [0.717, 1.165) is 0 Å². The lowest BCUT2D eigenvalue weighted by Gasteiger charge is -2.41. The average molecular weight is 373 g/mol. The zero-order chi connectivity index (χ0) is 16.7. The number of hydrogen-bond acceptors (Lipinski definition) is 3. The molecule has 7 heteroatoms. The fourth-order valence-electron chi connectivity index (χ4n) is 1.78. The van der Waals surface area contributed by atoms with Gasteiger partial charge in [-0.1, -0.05) is 61.7 Å². The standard InChI is InChI=1S/C14H24Cl3NO2Si/c1-8-13(9-19-11(18-13)14(15,16)17)10(2)20-21(6,7)12(3,4)5/h8,10H,1,9H2,2-7H3/t10-,13-/m1/s1. The molecule has 1 heterocycles. The molecule has 1 rings (SSSR count). The van der Waals surface area contributed by atoms with Gasteiger partial charge in [-0.05, 0) is 25.1 Å². The molecule has 3 nitrogen and oxygen atoms in total. The number of halogens is 3. The predicted octanol–water partition coefficient (Wildman–Crippen LogP) is 5.12. The molecule has 2 atom stereocenters. The Morgan fingerprint density at radius 1 is 1.38 bits per heavy atom. The van der Waals surface area contributed by atoms with Crippen molar-refractivity contribution in [2.45, 2.75) is 61.3 Å². The van der Waals surface area contributed by atoms with Gasteiger partial charge < -0.3 is 9.16 Å². The second-order valence-corrected chi connectivity index (χ2v) is 14.0. The second kappa shape index (κ2) is 6.04.